The summed E-state index contributed by atoms with van der Waals surface area (Å²) in [4.78, 5) is 130. The summed E-state index contributed by atoms with van der Waals surface area (Å²) in [5.41, 5.74) is 0. The molecule has 0 aromatic rings. The molecule has 1 fully saturated rings. The van der Waals surface area contributed by atoms with E-state index in [2.05, 4.69) is 41.4 Å². The van der Waals surface area contributed by atoms with Crippen LogP contribution in [0.1, 0.15) is 54.4 Å². The van der Waals surface area contributed by atoms with E-state index >= 15 is 0 Å². The van der Waals surface area contributed by atoms with Gasteiger partial charge in [0.1, 0.15) is 25.2 Å². The zero-order valence-electron chi connectivity index (χ0n) is 30.9. The maximum Gasteiger partial charge on any atom is 0.307 e. The standard InChI is InChI=1S/C32H52N8O12/c1-17(2)29(31(49)37-19(5)9-27(47)51-7)39-15-23(43)33-11-22(42)36-14-26(46)40(16-24(44)34-12-21(41)35-13-25(39)45)30(18(3)4)32(50)38-20(6)10-28(48)52-8/h17-20,29-30H,9-16H2,1-8H3,(H,33,43)(H,34,44)(H,35,41)(H,36,42)(H,37,49)(H,38,50). The van der Waals surface area contributed by atoms with Crippen LogP contribution in [0.25, 0.3) is 0 Å². The molecule has 1 aliphatic heterocycles. The zero-order chi connectivity index (χ0) is 39.7. The van der Waals surface area contributed by atoms with Gasteiger partial charge >= 0.3 is 11.9 Å². The molecule has 0 aliphatic carbocycles. The van der Waals surface area contributed by atoms with E-state index < -0.39 is 134 Å². The van der Waals surface area contributed by atoms with E-state index in [0.717, 1.165) is 9.80 Å². The third-order valence-electron chi connectivity index (χ3n) is 7.68. The van der Waals surface area contributed by atoms with Gasteiger partial charge in [-0.25, -0.2) is 0 Å². The smallest absolute Gasteiger partial charge is 0.307 e. The van der Waals surface area contributed by atoms with Crippen LogP contribution in [-0.2, 0) is 57.4 Å². The molecule has 0 aromatic heterocycles. The second-order valence-corrected chi connectivity index (χ2v) is 12.9. The Kier molecular flexibility index (Phi) is 18.8. The number of methoxy groups -OCH3 is 2. The van der Waals surface area contributed by atoms with Gasteiger partial charge in [0.05, 0.1) is 53.2 Å². The van der Waals surface area contributed by atoms with Crippen molar-refractivity contribution in [2.75, 3.05) is 53.5 Å². The summed E-state index contributed by atoms with van der Waals surface area (Å²) < 4.78 is 9.24. The van der Waals surface area contributed by atoms with Crippen LogP contribution in [0.5, 0.6) is 0 Å². The fraction of sp³-hybridized carbons (Fsp3) is 0.688. The lowest BCUT2D eigenvalue weighted by molar-refractivity contribution is -0.146. The first kappa shape index (κ1) is 44.7. The summed E-state index contributed by atoms with van der Waals surface area (Å²) in [7, 11) is 2.38. The second-order valence-electron chi connectivity index (χ2n) is 12.9. The highest BCUT2D eigenvalue weighted by Gasteiger charge is 2.36. The van der Waals surface area contributed by atoms with Crippen molar-refractivity contribution in [2.24, 2.45) is 11.8 Å². The fourth-order valence-electron chi connectivity index (χ4n) is 5.17. The third-order valence-corrected chi connectivity index (χ3v) is 7.68. The van der Waals surface area contributed by atoms with Gasteiger partial charge in [-0.2, -0.15) is 0 Å². The lowest BCUT2D eigenvalue weighted by atomic mass is 10.00. The van der Waals surface area contributed by atoms with Crippen molar-refractivity contribution >= 4 is 59.2 Å². The summed E-state index contributed by atoms with van der Waals surface area (Å²) in [6, 6.07) is -3.91. The molecule has 20 heteroatoms. The van der Waals surface area contributed by atoms with E-state index in [-0.39, 0.29) is 12.8 Å². The van der Waals surface area contributed by atoms with E-state index in [4.69, 9.17) is 0 Å². The van der Waals surface area contributed by atoms with Gasteiger partial charge in [-0.1, -0.05) is 27.7 Å². The van der Waals surface area contributed by atoms with Crippen LogP contribution in [-0.4, -0.2) is 147 Å². The van der Waals surface area contributed by atoms with Gasteiger partial charge in [0.25, 0.3) is 0 Å². The number of hydrogen-bond acceptors (Lipinski definition) is 12. The van der Waals surface area contributed by atoms with E-state index in [1.54, 1.807) is 41.5 Å². The normalized spacial score (nSPS) is 18.0. The van der Waals surface area contributed by atoms with Crippen molar-refractivity contribution in [3.8, 4) is 0 Å². The van der Waals surface area contributed by atoms with Crippen molar-refractivity contribution in [1.82, 2.24) is 41.7 Å². The summed E-state index contributed by atoms with van der Waals surface area (Å²) in [6.45, 7) is 5.42. The number of rotatable bonds is 12. The maximum absolute atomic E-state index is 13.4. The Labute approximate surface area is 302 Å². The molecule has 0 saturated carbocycles. The van der Waals surface area contributed by atoms with E-state index in [1.165, 1.54) is 14.2 Å². The number of hydrogen-bond donors (Lipinski definition) is 6. The van der Waals surface area contributed by atoms with Crippen LogP contribution < -0.4 is 31.9 Å². The quantitative estimate of drug-likeness (QED) is 0.106. The topological polar surface area (TPSA) is 268 Å². The Morgan fingerprint density at radius 2 is 0.865 bits per heavy atom. The molecule has 0 aromatic carbocycles. The first-order valence-corrected chi connectivity index (χ1v) is 16.7. The third kappa shape index (κ3) is 15.3. The van der Waals surface area contributed by atoms with Crippen LogP contribution in [0.4, 0.5) is 0 Å². The van der Waals surface area contributed by atoms with Crippen LogP contribution in [0.2, 0.25) is 0 Å². The first-order chi connectivity index (χ1) is 24.3. The number of ether oxygens (including phenoxy) is 2. The number of esters is 2. The van der Waals surface area contributed by atoms with Crippen LogP contribution in [0, 0.1) is 11.8 Å². The molecule has 8 amide bonds. The number of nitrogens with one attached hydrogen (secondary N) is 6. The molecule has 292 valence electrons. The second kappa shape index (κ2) is 21.8. The predicted molar refractivity (Wildman–Crippen MR) is 181 cm³/mol. The van der Waals surface area contributed by atoms with Gasteiger partial charge in [-0.05, 0) is 25.7 Å². The van der Waals surface area contributed by atoms with Crippen molar-refractivity contribution < 1.29 is 57.4 Å². The Bertz CT molecular complexity index is 1250. The highest BCUT2D eigenvalue weighted by Crippen LogP contribution is 2.14. The SMILES string of the molecule is COC(=O)CC(C)NC(=O)C(C(C)C)N1CC(=O)NCC(=O)NCC(=O)N(C(C(=O)NC(C)CC(=O)OC)C(C)C)CC(=O)NCC(=O)NCC1=O. The maximum atomic E-state index is 13.4. The van der Waals surface area contributed by atoms with E-state index in [1.807, 2.05) is 0 Å². The van der Waals surface area contributed by atoms with Gasteiger partial charge in [0, 0.05) is 12.1 Å². The number of carbonyl (C=O) groups excluding carboxylic acids is 10. The van der Waals surface area contributed by atoms with Gasteiger partial charge in [0.2, 0.25) is 47.3 Å². The van der Waals surface area contributed by atoms with E-state index in [9.17, 15) is 47.9 Å². The Morgan fingerprint density at radius 3 is 1.15 bits per heavy atom. The highest BCUT2D eigenvalue weighted by atomic mass is 16.5. The number of nitrogens with zero attached hydrogens (tertiary/aromatic N) is 2. The van der Waals surface area contributed by atoms with Gasteiger partial charge < -0.3 is 51.2 Å². The Balaban J connectivity index is 3.31. The molecule has 4 unspecified atom stereocenters. The summed E-state index contributed by atoms with van der Waals surface area (Å²) >= 11 is 0. The summed E-state index contributed by atoms with van der Waals surface area (Å²) in [5, 5.41) is 14.5. The van der Waals surface area contributed by atoms with Crippen LogP contribution >= 0.6 is 0 Å². The molecule has 0 bridgehead atoms. The molecule has 0 spiro atoms. The zero-order valence-corrected chi connectivity index (χ0v) is 30.9. The van der Waals surface area contributed by atoms with Gasteiger partial charge in [-0.15, -0.1) is 0 Å². The molecule has 1 aliphatic rings. The molecule has 1 saturated heterocycles. The Hall–Kier alpha value is -5.30. The van der Waals surface area contributed by atoms with Crippen molar-refractivity contribution in [1.29, 1.82) is 0 Å². The minimum Gasteiger partial charge on any atom is -0.469 e. The molecular formula is C32H52N8O12. The molecule has 4 atom stereocenters. The molecule has 0 radical (unpaired) electrons. The molecule has 20 nitrogen and oxygen atoms in total. The molecular weight excluding hydrogens is 688 g/mol. The number of amides is 8. The average Bonchev–Trinajstić information content (AvgIpc) is 3.05. The van der Waals surface area contributed by atoms with Crippen molar-refractivity contribution in [3.05, 3.63) is 0 Å². The van der Waals surface area contributed by atoms with Crippen LogP contribution in [0.15, 0.2) is 0 Å². The Morgan fingerprint density at radius 1 is 0.558 bits per heavy atom. The first-order valence-electron chi connectivity index (χ1n) is 16.7. The summed E-state index contributed by atoms with van der Waals surface area (Å²) in [6.07, 6.45) is -0.333. The average molecular weight is 741 g/mol. The molecule has 6 N–H and O–H groups in total. The van der Waals surface area contributed by atoms with Crippen molar-refractivity contribution in [3.63, 3.8) is 0 Å². The lowest BCUT2D eigenvalue weighted by Crippen LogP contribution is -2.59. The van der Waals surface area contributed by atoms with E-state index in [0.29, 0.717) is 0 Å². The van der Waals surface area contributed by atoms with Crippen LogP contribution in [0.3, 0.4) is 0 Å². The highest BCUT2D eigenvalue weighted by molar-refractivity contribution is 5.97. The number of carbonyl (C=O) groups is 10. The molecule has 52 heavy (non-hydrogen) atoms. The fourth-order valence-corrected chi connectivity index (χ4v) is 5.17. The van der Waals surface area contributed by atoms with Gasteiger partial charge in [-0.3, -0.25) is 47.9 Å². The van der Waals surface area contributed by atoms with Crippen molar-refractivity contribution in [2.45, 2.75) is 78.6 Å². The minimum absolute atomic E-state index is 0.166. The monoisotopic (exact) mass is 740 g/mol. The van der Waals surface area contributed by atoms with Gasteiger partial charge in [0.15, 0.2) is 0 Å². The predicted octanol–water partition coefficient (Wildman–Crippen LogP) is -3.69. The molecule has 1 heterocycles. The largest absolute Gasteiger partial charge is 0.469 e. The summed E-state index contributed by atoms with van der Waals surface area (Å²) in [5.74, 6) is -8.76. The molecule has 1 rings (SSSR count). The lowest BCUT2D eigenvalue weighted by Gasteiger charge is -2.34. The minimum atomic E-state index is -1.26.